The predicted molar refractivity (Wildman–Crippen MR) is 257 cm³/mol. The van der Waals surface area contributed by atoms with E-state index in [2.05, 4.69) is 130 Å². The van der Waals surface area contributed by atoms with Gasteiger partial charge in [-0.1, -0.05) is 103 Å². The number of methoxy groups -OCH3 is 1. The molecule has 3 fully saturated rings. The Hall–Kier alpha value is -5.90. The quantitative estimate of drug-likeness (QED) is 0.0223. The van der Waals surface area contributed by atoms with Crippen LogP contribution in [0.25, 0.3) is 0 Å². The van der Waals surface area contributed by atoms with E-state index in [1.807, 2.05) is 18.2 Å². The smallest absolute Gasteiger partial charge is 0.122 e. The molecule has 3 saturated heterocycles. The summed E-state index contributed by atoms with van der Waals surface area (Å²) in [5, 5.41) is 0. The molecule has 3 aliphatic heterocycles. The molecule has 0 bridgehead atoms. The van der Waals surface area contributed by atoms with Crippen molar-refractivity contribution in [3.63, 3.8) is 0 Å². The first kappa shape index (κ1) is 45.7. The van der Waals surface area contributed by atoms with Crippen LogP contribution < -0.4 is 18.9 Å². The summed E-state index contributed by atoms with van der Waals surface area (Å²) in [6.07, 6.45) is 8.98. The molecule has 3 heterocycles. The average molecular weight is 875 g/mol. The number of ether oxygens (including phenoxy) is 8. The van der Waals surface area contributed by atoms with E-state index in [0.717, 1.165) is 104 Å². The van der Waals surface area contributed by atoms with E-state index < -0.39 is 0 Å². The highest BCUT2D eigenvalue weighted by Crippen LogP contribution is 2.41. The second-order valence-corrected chi connectivity index (χ2v) is 17.3. The molecule has 5 aromatic rings. The van der Waals surface area contributed by atoms with Gasteiger partial charge in [0.05, 0.1) is 26.4 Å². The summed E-state index contributed by atoms with van der Waals surface area (Å²) in [5.74, 6) is 3.19. The molecular formula is C57H62O8. The molecule has 3 aliphatic rings. The Morgan fingerprint density at radius 3 is 1.15 bits per heavy atom. The third kappa shape index (κ3) is 12.3. The molecule has 8 heteroatoms. The topological polar surface area (TPSA) is 83.7 Å². The molecule has 0 spiro atoms. The number of hydrogen-bond acceptors (Lipinski definition) is 8. The summed E-state index contributed by atoms with van der Waals surface area (Å²) in [6.45, 7) is 23.4. The lowest BCUT2D eigenvalue weighted by molar-refractivity contribution is 0.146. The lowest BCUT2D eigenvalue weighted by Gasteiger charge is -2.25. The highest BCUT2D eigenvalue weighted by atomic mass is 16.6. The first-order valence-electron chi connectivity index (χ1n) is 22.8. The van der Waals surface area contributed by atoms with E-state index in [9.17, 15) is 0 Å². The molecule has 0 aliphatic carbocycles. The van der Waals surface area contributed by atoms with Gasteiger partial charge in [0.2, 0.25) is 0 Å². The summed E-state index contributed by atoms with van der Waals surface area (Å²) < 4.78 is 46.7. The molecule has 0 N–H and O–H groups in total. The Bertz CT molecular complexity index is 2370. The molecule has 8 nitrogen and oxygen atoms in total. The van der Waals surface area contributed by atoms with Crippen molar-refractivity contribution in [2.45, 2.75) is 62.8 Å². The van der Waals surface area contributed by atoms with Crippen molar-refractivity contribution in [2.75, 3.05) is 60.0 Å². The van der Waals surface area contributed by atoms with Crippen LogP contribution in [0.4, 0.5) is 0 Å². The van der Waals surface area contributed by atoms with Crippen molar-refractivity contribution in [3.8, 4) is 23.0 Å². The predicted octanol–water partition coefficient (Wildman–Crippen LogP) is 10.7. The minimum atomic E-state index is -0.110. The molecule has 5 aromatic carbocycles. The van der Waals surface area contributed by atoms with Crippen LogP contribution in [0.5, 0.6) is 23.0 Å². The molecular weight excluding hydrogens is 813 g/mol. The summed E-state index contributed by atoms with van der Waals surface area (Å²) in [4.78, 5) is 0. The van der Waals surface area contributed by atoms with Crippen molar-refractivity contribution >= 4 is 0 Å². The van der Waals surface area contributed by atoms with Crippen LogP contribution >= 0.6 is 0 Å². The van der Waals surface area contributed by atoms with Crippen molar-refractivity contribution in [1.82, 2.24) is 0 Å². The van der Waals surface area contributed by atoms with Gasteiger partial charge in [0.25, 0.3) is 0 Å². The molecule has 0 aromatic heterocycles. The molecule has 4 atom stereocenters. The fourth-order valence-corrected chi connectivity index (χ4v) is 8.40. The van der Waals surface area contributed by atoms with E-state index in [1.165, 1.54) is 0 Å². The van der Waals surface area contributed by atoms with E-state index in [-0.39, 0.29) is 30.1 Å². The lowest BCUT2D eigenvalue weighted by atomic mass is 9.80. The van der Waals surface area contributed by atoms with Gasteiger partial charge in [-0.2, -0.15) is 0 Å². The van der Waals surface area contributed by atoms with Crippen LogP contribution in [-0.4, -0.2) is 78.3 Å². The van der Waals surface area contributed by atoms with Gasteiger partial charge in [0.15, 0.2) is 0 Å². The normalized spacial score (nSPS) is 17.9. The molecule has 8 rings (SSSR count). The molecule has 338 valence electrons. The van der Waals surface area contributed by atoms with E-state index in [1.54, 1.807) is 7.11 Å². The maximum absolute atomic E-state index is 6.32. The van der Waals surface area contributed by atoms with E-state index >= 15 is 0 Å². The Morgan fingerprint density at radius 2 is 0.831 bits per heavy atom. The highest BCUT2D eigenvalue weighted by Gasteiger charge is 2.28. The maximum Gasteiger partial charge on any atom is 0.122 e. The van der Waals surface area contributed by atoms with Gasteiger partial charge in [-0.05, 0) is 113 Å². The molecule has 65 heavy (non-hydrogen) atoms. The fraction of sp³-hybridized carbons (Fsp3) is 0.333. The van der Waals surface area contributed by atoms with Gasteiger partial charge in [-0.25, -0.2) is 0 Å². The Balaban J connectivity index is 1.22. The largest absolute Gasteiger partial charge is 0.491 e. The highest BCUT2D eigenvalue weighted by molar-refractivity contribution is 5.54. The second kappa shape index (κ2) is 21.9. The van der Waals surface area contributed by atoms with Gasteiger partial charge in [-0.15, -0.1) is 19.7 Å². The van der Waals surface area contributed by atoms with Gasteiger partial charge in [-0.3, -0.25) is 0 Å². The van der Waals surface area contributed by atoms with Crippen molar-refractivity contribution < 1.29 is 37.9 Å². The average Bonchev–Trinajstić information content (AvgIpc) is 4.14. The van der Waals surface area contributed by atoms with Crippen molar-refractivity contribution in [3.05, 3.63) is 203 Å². The number of rotatable bonds is 27. The Labute approximate surface area is 385 Å². The Kier molecular flexibility index (Phi) is 15.4. The maximum atomic E-state index is 6.32. The van der Waals surface area contributed by atoms with Crippen molar-refractivity contribution in [1.29, 1.82) is 0 Å². The minimum absolute atomic E-state index is 0.104. The fourth-order valence-electron chi connectivity index (χ4n) is 8.40. The second-order valence-electron chi connectivity index (χ2n) is 17.3. The van der Waals surface area contributed by atoms with Crippen LogP contribution in [0.2, 0.25) is 0 Å². The summed E-state index contributed by atoms with van der Waals surface area (Å²) in [7, 11) is 1.68. The van der Waals surface area contributed by atoms with Crippen LogP contribution in [-0.2, 0) is 44.6 Å². The van der Waals surface area contributed by atoms with Gasteiger partial charge >= 0.3 is 0 Å². The molecule has 4 unspecified atom stereocenters. The number of allylic oxidation sites excluding steroid dienone is 4. The van der Waals surface area contributed by atoms with Gasteiger partial charge < -0.3 is 37.9 Å². The van der Waals surface area contributed by atoms with Crippen molar-refractivity contribution in [2.24, 2.45) is 0 Å². The number of epoxide rings is 3. The van der Waals surface area contributed by atoms with E-state index in [4.69, 9.17) is 37.9 Å². The third-order valence-corrected chi connectivity index (χ3v) is 11.9. The van der Waals surface area contributed by atoms with Crippen LogP contribution in [0, 0.1) is 0 Å². The van der Waals surface area contributed by atoms with Gasteiger partial charge in [0, 0.05) is 18.9 Å². The monoisotopic (exact) mass is 874 g/mol. The summed E-state index contributed by atoms with van der Waals surface area (Å²) in [5.41, 5.74) is 12.3. The number of hydrogen-bond donors (Lipinski definition) is 0. The zero-order valence-corrected chi connectivity index (χ0v) is 37.9. The van der Waals surface area contributed by atoms with Crippen LogP contribution in [0.3, 0.4) is 0 Å². The van der Waals surface area contributed by atoms with Crippen LogP contribution in [0.1, 0.15) is 74.4 Å². The van der Waals surface area contributed by atoms with Gasteiger partial charge in [0.1, 0.15) is 67.7 Å². The third-order valence-electron chi connectivity index (χ3n) is 11.9. The summed E-state index contributed by atoms with van der Waals surface area (Å²) >= 11 is 0. The van der Waals surface area contributed by atoms with Crippen LogP contribution in [0.15, 0.2) is 147 Å². The first-order chi connectivity index (χ1) is 31.8. The standard InChI is InChI=1S/C57H62O8/c1-7-10-41-28-44(17-21-52(41)59-26-25-58-6)57(47-20-24-55(65-37-51-34-62-51)48(31-47)27-38(4)5)40-15-13-39(14-16-40)56(45-18-22-53(42(29-45)11-8-2)63-35-49-32-60-49)46-19-23-54(43(30-46)12-9-3)64-36-50-33-61-50/h7-9,13-24,28-31,49-51,56-57H,1-4,10-12,25-27,32-37H2,5-6H3. The summed E-state index contributed by atoms with van der Waals surface area (Å²) in [6, 6.07) is 35.4. The SMILES string of the molecule is C=CCc1cc(C(c2ccc(C(c3ccc(OCC4CO4)c(CC=C)c3)c3ccc(OCC4CO4)c(CC=C)c3)cc2)c2ccc(OCC3CO3)c(CC(=C)C)c2)ccc1OCCOC. The number of benzene rings is 5. The Morgan fingerprint density at radius 1 is 0.508 bits per heavy atom. The zero-order valence-electron chi connectivity index (χ0n) is 37.9. The molecule has 0 radical (unpaired) electrons. The molecule has 0 amide bonds. The zero-order chi connectivity index (χ0) is 45.1. The van der Waals surface area contributed by atoms with E-state index in [0.29, 0.717) is 58.7 Å². The minimum Gasteiger partial charge on any atom is -0.491 e. The first-order valence-corrected chi connectivity index (χ1v) is 22.8. The lowest BCUT2D eigenvalue weighted by Crippen LogP contribution is -2.11. The molecule has 0 saturated carbocycles.